The lowest BCUT2D eigenvalue weighted by Gasteiger charge is -2.24. The van der Waals surface area contributed by atoms with Crippen LogP contribution in [0.1, 0.15) is 39.0 Å². The number of rotatable bonds is 5. The van der Waals surface area contributed by atoms with E-state index in [2.05, 4.69) is 27.8 Å². The summed E-state index contributed by atoms with van der Waals surface area (Å²) in [7, 11) is 0. The molecule has 1 aliphatic rings. The maximum absolute atomic E-state index is 12.5. The van der Waals surface area contributed by atoms with Gasteiger partial charge < -0.3 is 9.47 Å². The minimum absolute atomic E-state index is 0.227. The van der Waals surface area contributed by atoms with E-state index in [0.717, 1.165) is 48.3 Å². The number of likely N-dealkylation sites (tertiary alicyclic amines) is 1. The smallest absolute Gasteiger partial charge is 0.233 e. The molecule has 2 aromatic rings. The number of carbonyl (C=O) groups is 1. The largest absolute Gasteiger partial charge is 0.342 e. The molecule has 0 spiro atoms. The van der Waals surface area contributed by atoms with E-state index < -0.39 is 0 Å². The molecule has 0 aromatic carbocycles. The van der Waals surface area contributed by atoms with Gasteiger partial charge in [-0.1, -0.05) is 37.1 Å². The van der Waals surface area contributed by atoms with Gasteiger partial charge in [0.05, 0.1) is 10.6 Å². The molecule has 3 heterocycles. The quantitative estimate of drug-likeness (QED) is 0.755. The summed E-state index contributed by atoms with van der Waals surface area (Å²) in [4.78, 5) is 15.7. The van der Waals surface area contributed by atoms with Crippen molar-refractivity contribution in [2.45, 2.75) is 50.7 Å². The molecule has 0 saturated carbocycles. The van der Waals surface area contributed by atoms with Crippen LogP contribution in [0.3, 0.4) is 0 Å². The van der Waals surface area contributed by atoms with E-state index in [4.69, 9.17) is 0 Å². The van der Waals surface area contributed by atoms with E-state index in [1.54, 1.807) is 11.3 Å². The van der Waals surface area contributed by atoms with E-state index in [1.807, 2.05) is 16.3 Å². The predicted octanol–water partition coefficient (Wildman–Crippen LogP) is 3.91. The van der Waals surface area contributed by atoms with Crippen molar-refractivity contribution in [3.63, 3.8) is 0 Å². The Balaban J connectivity index is 1.62. The lowest BCUT2D eigenvalue weighted by molar-refractivity contribution is -0.128. The Labute approximate surface area is 151 Å². The second-order valence-corrected chi connectivity index (χ2v) is 7.86. The zero-order valence-electron chi connectivity index (χ0n) is 14.1. The molecule has 0 bridgehead atoms. The Morgan fingerprint density at radius 1 is 1.21 bits per heavy atom. The highest BCUT2D eigenvalue weighted by atomic mass is 32.2. The molecular weight excluding hydrogens is 340 g/mol. The van der Waals surface area contributed by atoms with Crippen molar-refractivity contribution in [2.24, 2.45) is 0 Å². The standard InChI is InChI=1S/C17H24N4OS2/c1-2-21-16(14-9-8-12-23-14)18-19-17(21)24-13-15(22)20-10-6-4-3-5-7-11-20/h8-9,12H,2-7,10-11,13H2,1H3. The van der Waals surface area contributed by atoms with Crippen LogP contribution in [0.5, 0.6) is 0 Å². The van der Waals surface area contributed by atoms with Crippen molar-refractivity contribution < 1.29 is 4.79 Å². The number of aromatic nitrogens is 3. The molecule has 1 aliphatic heterocycles. The second kappa shape index (κ2) is 8.67. The second-order valence-electron chi connectivity index (χ2n) is 5.96. The highest BCUT2D eigenvalue weighted by Gasteiger charge is 2.18. The van der Waals surface area contributed by atoms with Crippen LogP contribution in [0.2, 0.25) is 0 Å². The fraction of sp³-hybridized carbons (Fsp3) is 0.588. The lowest BCUT2D eigenvalue weighted by Crippen LogP contribution is -2.35. The minimum Gasteiger partial charge on any atom is -0.342 e. The highest BCUT2D eigenvalue weighted by molar-refractivity contribution is 7.99. The summed E-state index contributed by atoms with van der Waals surface area (Å²) in [5.74, 6) is 1.57. The van der Waals surface area contributed by atoms with Gasteiger partial charge in [-0.2, -0.15) is 0 Å². The molecular formula is C17H24N4OS2. The van der Waals surface area contributed by atoms with E-state index >= 15 is 0 Å². The number of hydrogen-bond donors (Lipinski definition) is 0. The van der Waals surface area contributed by atoms with Gasteiger partial charge in [0.25, 0.3) is 0 Å². The van der Waals surface area contributed by atoms with Crippen LogP contribution < -0.4 is 0 Å². The Kier molecular flexibility index (Phi) is 6.31. The van der Waals surface area contributed by atoms with Crippen molar-refractivity contribution >= 4 is 29.0 Å². The van der Waals surface area contributed by atoms with Crippen molar-refractivity contribution in [3.8, 4) is 10.7 Å². The maximum Gasteiger partial charge on any atom is 0.233 e. The predicted molar refractivity (Wildman–Crippen MR) is 99.4 cm³/mol. The molecule has 130 valence electrons. The third-order valence-electron chi connectivity index (χ3n) is 4.31. The number of hydrogen-bond acceptors (Lipinski definition) is 5. The maximum atomic E-state index is 12.5. The van der Waals surface area contributed by atoms with Crippen molar-refractivity contribution in [3.05, 3.63) is 17.5 Å². The molecule has 24 heavy (non-hydrogen) atoms. The van der Waals surface area contributed by atoms with Gasteiger partial charge >= 0.3 is 0 Å². The van der Waals surface area contributed by atoms with Crippen molar-refractivity contribution in [2.75, 3.05) is 18.8 Å². The van der Waals surface area contributed by atoms with E-state index in [0.29, 0.717) is 5.75 Å². The van der Waals surface area contributed by atoms with Crippen LogP contribution in [-0.2, 0) is 11.3 Å². The number of thioether (sulfide) groups is 1. The Hall–Kier alpha value is -1.34. The van der Waals surface area contributed by atoms with Crippen LogP contribution in [-0.4, -0.2) is 44.4 Å². The van der Waals surface area contributed by atoms with E-state index in [9.17, 15) is 4.79 Å². The Morgan fingerprint density at radius 3 is 2.62 bits per heavy atom. The van der Waals surface area contributed by atoms with Crippen LogP contribution in [0, 0.1) is 0 Å². The highest BCUT2D eigenvalue weighted by Crippen LogP contribution is 2.27. The molecule has 1 saturated heterocycles. The fourth-order valence-electron chi connectivity index (χ4n) is 2.98. The summed E-state index contributed by atoms with van der Waals surface area (Å²) in [6.07, 6.45) is 6.05. The van der Waals surface area contributed by atoms with Crippen molar-refractivity contribution in [1.29, 1.82) is 0 Å². The third-order valence-corrected chi connectivity index (χ3v) is 6.13. The minimum atomic E-state index is 0.227. The molecule has 0 aliphatic carbocycles. The zero-order chi connectivity index (χ0) is 16.8. The van der Waals surface area contributed by atoms with Crippen LogP contribution in [0.4, 0.5) is 0 Å². The van der Waals surface area contributed by atoms with Gasteiger partial charge in [0, 0.05) is 19.6 Å². The zero-order valence-corrected chi connectivity index (χ0v) is 15.7. The first kappa shape index (κ1) is 17.5. The van der Waals surface area contributed by atoms with E-state index in [1.165, 1.54) is 31.0 Å². The first-order valence-electron chi connectivity index (χ1n) is 8.67. The molecule has 7 heteroatoms. The first-order valence-corrected chi connectivity index (χ1v) is 10.5. The Bertz CT molecular complexity index is 646. The average Bonchev–Trinajstić information content (AvgIpc) is 3.21. The van der Waals surface area contributed by atoms with Gasteiger partial charge in [-0.25, -0.2) is 0 Å². The molecule has 2 aromatic heterocycles. The number of thiophene rings is 1. The number of carbonyl (C=O) groups excluding carboxylic acids is 1. The van der Waals surface area contributed by atoms with Crippen LogP contribution in [0.15, 0.2) is 22.7 Å². The summed E-state index contributed by atoms with van der Waals surface area (Å²) in [5, 5.41) is 11.5. The van der Waals surface area contributed by atoms with Gasteiger partial charge in [-0.3, -0.25) is 4.79 Å². The van der Waals surface area contributed by atoms with Gasteiger partial charge in [0.2, 0.25) is 5.91 Å². The fourth-order valence-corrected chi connectivity index (χ4v) is 4.61. The van der Waals surface area contributed by atoms with Crippen molar-refractivity contribution in [1.82, 2.24) is 19.7 Å². The molecule has 0 unspecified atom stereocenters. The molecule has 0 atom stereocenters. The Morgan fingerprint density at radius 2 is 1.96 bits per heavy atom. The topological polar surface area (TPSA) is 51.0 Å². The first-order chi connectivity index (χ1) is 11.8. The molecule has 0 N–H and O–H groups in total. The van der Waals surface area contributed by atoms with Gasteiger partial charge in [0.1, 0.15) is 0 Å². The molecule has 5 nitrogen and oxygen atoms in total. The normalized spacial score (nSPS) is 16.0. The molecule has 0 radical (unpaired) electrons. The van der Waals surface area contributed by atoms with Gasteiger partial charge in [-0.05, 0) is 31.2 Å². The average molecular weight is 365 g/mol. The SMILES string of the molecule is CCn1c(SCC(=O)N2CCCCCCC2)nnc1-c1cccs1. The van der Waals surface area contributed by atoms with Crippen LogP contribution >= 0.6 is 23.1 Å². The summed E-state index contributed by atoms with van der Waals surface area (Å²) in [5.41, 5.74) is 0. The summed E-state index contributed by atoms with van der Waals surface area (Å²) in [6.45, 7) is 4.70. The lowest BCUT2D eigenvalue weighted by atomic mass is 10.1. The summed E-state index contributed by atoms with van der Waals surface area (Å²) < 4.78 is 2.09. The summed E-state index contributed by atoms with van der Waals surface area (Å²) in [6, 6.07) is 4.08. The molecule has 1 fully saturated rings. The van der Waals surface area contributed by atoms with Gasteiger partial charge in [-0.15, -0.1) is 21.5 Å². The monoisotopic (exact) mass is 364 g/mol. The number of nitrogens with zero attached hydrogens (tertiary/aromatic N) is 4. The van der Waals surface area contributed by atoms with E-state index in [-0.39, 0.29) is 5.91 Å². The third kappa shape index (κ3) is 4.19. The molecule has 1 amide bonds. The molecule has 3 rings (SSSR count). The number of amides is 1. The van der Waals surface area contributed by atoms with Gasteiger partial charge in [0.15, 0.2) is 11.0 Å². The summed E-state index contributed by atoms with van der Waals surface area (Å²) >= 11 is 3.17. The van der Waals surface area contributed by atoms with Crippen LogP contribution in [0.25, 0.3) is 10.7 Å².